The maximum Gasteiger partial charge on any atom is 0.341 e. The van der Waals surface area contributed by atoms with Gasteiger partial charge in [-0.1, -0.05) is 0 Å². The molecule has 0 radical (unpaired) electrons. The predicted octanol–water partition coefficient (Wildman–Crippen LogP) is 0.729. The summed E-state index contributed by atoms with van der Waals surface area (Å²) in [7, 11) is -6.32. The highest BCUT2D eigenvalue weighted by atomic mass is 32.2. The van der Waals surface area contributed by atoms with E-state index in [2.05, 4.69) is 9.47 Å². The van der Waals surface area contributed by atoms with Crippen molar-refractivity contribution < 1.29 is 31.4 Å². The molecule has 1 N–H and O–H groups in total. The summed E-state index contributed by atoms with van der Waals surface area (Å²) in [4.78, 5) is 10.9. The molecule has 0 saturated heterocycles. The van der Waals surface area contributed by atoms with E-state index in [1.165, 1.54) is 0 Å². The lowest BCUT2D eigenvalue weighted by atomic mass is 10.2. The normalized spacial score (nSPS) is 14.5. The lowest BCUT2D eigenvalue weighted by molar-refractivity contribution is 0.0597. The first-order chi connectivity index (χ1) is 8.54. The van der Waals surface area contributed by atoms with Gasteiger partial charge in [-0.2, -0.15) is 8.42 Å². The van der Waals surface area contributed by atoms with Crippen molar-refractivity contribution in [3.05, 3.63) is 23.8 Å². The van der Waals surface area contributed by atoms with Crippen LogP contribution in [0.4, 0.5) is 0 Å². The zero-order valence-corrected chi connectivity index (χ0v) is 8.95. The van der Waals surface area contributed by atoms with E-state index in [-0.39, 0.29) is 5.75 Å². The van der Waals surface area contributed by atoms with Crippen LogP contribution in [0.3, 0.4) is 0 Å². The fraction of sp³-hybridized carbons (Fsp3) is 0.222. The molecule has 7 heteroatoms. The van der Waals surface area contributed by atoms with Crippen molar-refractivity contribution in [1.82, 2.24) is 0 Å². The zero-order chi connectivity index (χ0) is 14.8. The Balaban J connectivity index is 3.37. The Kier molecular flexibility index (Phi) is 2.40. The van der Waals surface area contributed by atoms with Gasteiger partial charge in [-0.25, -0.2) is 4.79 Å². The molecule has 1 rings (SSSR count). The minimum atomic E-state index is -4.53. The summed E-state index contributed by atoms with van der Waals surface area (Å²) in [5, 5.41) is 0. The fourth-order valence-corrected chi connectivity index (χ4v) is 1.53. The van der Waals surface area contributed by atoms with Crippen molar-refractivity contribution in [2.24, 2.45) is 0 Å². The molecule has 0 saturated carbocycles. The molecule has 0 heterocycles. The van der Waals surface area contributed by atoms with Crippen molar-refractivity contribution in [3.63, 3.8) is 0 Å². The highest BCUT2D eigenvalue weighted by Gasteiger charge is 2.18. The second kappa shape index (κ2) is 4.50. The number of carbonyl (C=O) groups excluding carboxylic acids is 1. The number of carbonyl (C=O) groups is 1. The van der Waals surface area contributed by atoms with E-state index in [1.807, 2.05) is 0 Å². The molecule has 0 bridgehead atoms. The molecule has 0 aliphatic heterocycles. The van der Waals surface area contributed by atoms with Crippen LogP contribution in [0, 0.1) is 0 Å². The lowest BCUT2D eigenvalue weighted by Gasteiger charge is -2.07. The number of hydrogen-bond donors (Lipinski definition) is 1. The second-order valence-electron chi connectivity index (χ2n) is 2.73. The van der Waals surface area contributed by atoms with Gasteiger partial charge in [0.05, 0.1) is 23.2 Å². The van der Waals surface area contributed by atoms with Gasteiger partial charge >= 0.3 is 5.97 Å². The summed E-state index contributed by atoms with van der Waals surface area (Å²) in [6.45, 7) is 0. The van der Waals surface area contributed by atoms with Crippen LogP contribution in [0.1, 0.15) is 14.5 Å². The van der Waals surface area contributed by atoms with Crippen molar-refractivity contribution >= 4 is 16.1 Å². The SMILES string of the molecule is [2H]C([2H])([2H])Oc1ccc(S(=O)(=O)O)cc1C(=O)OC. The van der Waals surface area contributed by atoms with E-state index < -0.39 is 33.6 Å². The van der Waals surface area contributed by atoms with E-state index in [9.17, 15) is 13.2 Å². The Bertz CT molecular complexity index is 592. The molecule has 0 atom stereocenters. The quantitative estimate of drug-likeness (QED) is 0.627. The van der Waals surface area contributed by atoms with Crippen LogP contribution in [0.25, 0.3) is 0 Å². The highest BCUT2D eigenvalue weighted by Crippen LogP contribution is 2.22. The molecular formula is C9H10O6S. The number of hydrogen-bond acceptors (Lipinski definition) is 5. The van der Waals surface area contributed by atoms with Gasteiger partial charge in [-0.3, -0.25) is 4.55 Å². The largest absolute Gasteiger partial charge is 0.496 e. The van der Waals surface area contributed by atoms with Gasteiger partial charge in [0.2, 0.25) is 0 Å². The molecule has 1 aromatic rings. The Morgan fingerprint density at radius 2 is 2.19 bits per heavy atom. The van der Waals surface area contributed by atoms with Crippen LogP contribution >= 0.6 is 0 Å². The van der Waals surface area contributed by atoms with Crippen LogP contribution in [0.5, 0.6) is 5.75 Å². The molecule has 0 amide bonds. The minimum Gasteiger partial charge on any atom is -0.496 e. The van der Waals surface area contributed by atoms with Gasteiger partial charge in [-0.15, -0.1) is 0 Å². The van der Waals surface area contributed by atoms with Crippen LogP contribution in [0.15, 0.2) is 23.1 Å². The van der Waals surface area contributed by atoms with E-state index in [1.54, 1.807) is 0 Å². The number of esters is 1. The van der Waals surface area contributed by atoms with E-state index >= 15 is 0 Å². The van der Waals surface area contributed by atoms with Gasteiger partial charge in [0, 0.05) is 0 Å². The minimum absolute atomic E-state index is 0.376. The molecule has 0 unspecified atom stereocenters. The average molecular weight is 249 g/mol. The molecule has 0 fully saturated rings. The third-order valence-electron chi connectivity index (χ3n) is 1.76. The van der Waals surface area contributed by atoms with Crippen LogP contribution in [-0.4, -0.2) is 33.1 Å². The summed E-state index contributed by atoms with van der Waals surface area (Å²) in [5.74, 6) is -1.37. The van der Waals surface area contributed by atoms with Gasteiger partial charge in [-0.05, 0) is 18.2 Å². The summed E-state index contributed by atoms with van der Waals surface area (Å²) in [6.07, 6.45) is 0. The lowest BCUT2D eigenvalue weighted by Crippen LogP contribution is -2.07. The Morgan fingerprint density at radius 1 is 1.50 bits per heavy atom. The summed E-state index contributed by atoms with van der Waals surface area (Å²) < 4.78 is 60.5. The Morgan fingerprint density at radius 3 is 2.69 bits per heavy atom. The summed E-state index contributed by atoms with van der Waals surface area (Å²) in [6, 6.07) is 2.62. The van der Waals surface area contributed by atoms with Crippen molar-refractivity contribution in [2.45, 2.75) is 4.90 Å². The predicted molar refractivity (Wildman–Crippen MR) is 54.1 cm³/mol. The number of rotatable bonds is 3. The average Bonchev–Trinajstić information content (AvgIpc) is 2.25. The van der Waals surface area contributed by atoms with E-state index in [4.69, 9.17) is 8.67 Å². The number of ether oxygens (including phenoxy) is 2. The number of benzene rings is 1. The molecule has 88 valence electrons. The Hall–Kier alpha value is -1.60. The van der Waals surface area contributed by atoms with E-state index in [0.717, 1.165) is 25.3 Å². The van der Waals surface area contributed by atoms with Crippen molar-refractivity contribution in [3.8, 4) is 5.75 Å². The summed E-state index contributed by atoms with van der Waals surface area (Å²) in [5.41, 5.74) is -0.422. The van der Waals surface area contributed by atoms with Gasteiger partial charge in [0.1, 0.15) is 11.3 Å². The topological polar surface area (TPSA) is 89.9 Å². The molecule has 1 aromatic carbocycles. The molecule has 0 spiro atoms. The smallest absolute Gasteiger partial charge is 0.341 e. The molecule has 6 nitrogen and oxygen atoms in total. The van der Waals surface area contributed by atoms with Gasteiger partial charge < -0.3 is 9.47 Å². The second-order valence-corrected chi connectivity index (χ2v) is 4.15. The fourth-order valence-electron chi connectivity index (χ4n) is 1.03. The Labute approximate surface area is 96.8 Å². The first kappa shape index (κ1) is 8.54. The van der Waals surface area contributed by atoms with Gasteiger partial charge in [0.25, 0.3) is 10.1 Å². The molecular weight excluding hydrogens is 236 g/mol. The molecule has 0 aromatic heterocycles. The van der Waals surface area contributed by atoms with Crippen LogP contribution < -0.4 is 4.74 Å². The standard InChI is InChI=1S/C9H10O6S/c1-14-8-4-3-6(16(11,12)13)5-7(8)9(10)15-2/h3-5H,1-2H3,(H,11,12,13)/i1D3. The van der Waals surface area contributed by atoms with Crippen LogP contribution in [-0.2, 0) is 14.9 Å². The van der Waals surface area contributed by atoms with E-state index in [0.29, 0.717) is 0 Å². The first-order valence-corrected chi connectivity index (χ1v) is 5.37. The monoisotopic (exact) mass is 249 g/mol. The third-order valence-corrected chi connectivity index (χ3v) is 2.61. The first-order valence-electron chi connectivity index (χ1n) is 5.43. The third kappa shape index (κ3) is 2.50. The van der Waals surface area contributed by atoms with Crippen molar-refractivity contribution in [2.75, 3.05) is 14.1 Å². The zero-order valence-electron chi connectivity index (χ0n) is 11.1. The molecule has 0 aliphatic rings. The maximum atomic E-state index is 11.4. The summed E-state index contributed by atoms with van der Waals surface area (Å²) >= 11 is 0. The molecule has 0 aliphatic carbocycles. The van der Waals surface area contributed by atoms with Crippen LogP contribution in [0.2, 0.25) is 0 Å². The number of methoxy groups -OCH3 is 2. The van der Waals surface area contributed by atoms with Crippen molar-refractivity contribution in [1.29, 1.82) is 0 Å². The highest BCUT2D eigenvalue weighted by molar-refractivity contribution is 7.85. The van der Waals surface area contributed by atoms with Gasteiger partial charge in [0.15, 0.2) is 0 Å². The molecule has 16 heavy (non-hydrogen) atoms. The maximum absolute atomic E-state index is 11.4.